The molecule has 23 heavy (non-hydrogen) atoms. The van der Waals surface area contributed by atoms with Gasteiger partial charge in [0.1, 0.15) is 0 Å². The highest BCUT2D eigenvalue weighted by Gasteiger charge is 2.17. The second-order valence-corrected chi connectivity index (χ2v) is 4.83. The van der Waals surface area contributed by atoms with Crippen molar-refractivity contribution in [1.29, 1.82) is 0 Å². The Morgan fingerprint density at radius 3 is 2.70 bits per heavy atom. The van der Waals surface area contributed by atoms with E-state index >= 15 is 0 Å². The molecule has 1 atom stereocenters. The summed E-state index contributed by atoms with van der Waals surface area (Å²) in [5.41, 5.74) is 6.65. The lowest BCUT2D eigenvalue weighted by Gasteiger charge is -2.17. The van der Waals surface area contributed by atoms with E-state index in [-0.39, 0.29) is 23.5 Å². The number of carbonyl (C=O) groups is 1. The number of hydrogen-bond acceptors (Lipinski definition) is 6. The summed E-state index contributed by atoms with van der Waals surface area (Å²) in [5.74, 6) is 0.998. The molecule has 0 fully saturated rings. The summed E-state index contributed by atoms with van der Waals surface area (Å²) in [7, 11) is 1.57. The average Bonchev–Trinajstić information content (AvgIpc) is 2.55. The summed E-state index contributed by atoms with van der Waals surface area (Å²) >= 11 is 0. The molecule has 7 nitrogen and oxygen atoms in total. The number of ether oxygens (including phenoxy) is 2. The molecule has 0 aliphatic carbocycles. The lowest BCUT2D eigenvalue weighted by atomic mass is 10.1. The lowest BCUT2D eigenvalue weighted by Crippen LogP contribution is -2.28. The molecule has 0 radical (unpaired) electrons. The van der Waals surface area contributed by atoms with E-state index in [9.17, 15) is 4.79 Å². The molecule has 0 spiro atoms. The minimum Gasteiger partial charge on any atom is -0.493 e. The first-order valence-electron chi connectivity index (χ1n) is 7.24. The van der Waals surface area contributed by atoms with Gasteiger partial charge in [0.2, 0.25) is 0 Å². The first-order valence-corrected chi connectivity index (χ1v) is 7.24. The highest BCUT2D eigenvalue weighted by Crippen LogP contribution is 2.30. The molecule has 2 rings (SSSR count). The lowest BCUT2D eigenvalue weighted by molar-refractivity contribution is 0.0935. The van der Waals surface area contributed by atoms with Crippen LogP contribution < -0.4 is 20.5 Å². The van der Waals surface area contributed by atoms with Gasteiger partial charge in [-0.15, -0.1) is 0 Å². The Morgan fingerprint density at radius 2 is 2.04 bits per heavy atom. The SMILES string of the molecule is CCOc1ccc(C(C)NC(=O)c2nccnc2N)cc1OC. The highest BCUT2D eigenvalue weighted by atomic mass is 16.5. The van der Waals surface area contributed by atoms with Crippen molar-refractivity contribution in [2.45, 2.75) is 19.9 Å². The zero-order valence-electron chi connectivity index (χ0n) is 13.4. The monoisotopic (exact) mass is 316 g/mol. The van der Waals surface area contributed by atoms with Crippen molar-refractivity contribution in [2.24, 2.45) is 0 Å². The average molecular weight is 316 g/mol. The number of carbonyl (C=O) groups excluding carboxylic acids is 1. The van der Waals surface area contributed by atoms with Crippen LogP contribution in [0, 0.1) is 0 Å². The fourth-order valence-corrected chi connectivity index (χ4v) is 2.10. The van der Waals surface area contributed by atoms with Gasteiger partial charge in [-0.2, -0.15) is 0 Å². The summed E-state index contributed by atoms with van der Waals surface area (Å²) in [5, 5.41) is 2.84. The highest BCUT2D eigenvalue weighted by molar-refractivity contribution is 5.96. The fourth-order valence-electron chi connectivity index (χ4n) is 2.10. The van der Waals surface area contributed by atoms with Gasteiger partial charge >= 0.3 is 0 Å². The van der Waals surface area contributed by atoms with Crippen molar-refractivity contribution in [1.82, 2.24) is 15.3 Å². The topological polar surface area (TPSA) is 99.4 Å². The van der Waals surface area contributed by atoms with Crippen LogP contribution in [0.5, 0.6) is 11.5 Å². The number of rotatable bonds is 6. The maximum Gasteiger partial charge on any atom is 0.274 e. The number of hydrogen-bond donors (Lipinski definition) is 2. The van der Waals surface area contributed by atoms with E-state index in [4.69, 9.17) is 15.2 Å². The molecular weight excluding hydrogens is 296 g/mol. The van der Waals surface area contributed by atoms with Crippen LogP contribution in [0.2, 0.25) is 0 Å². The summed E-state index contributed by atoms with van der Waals surface area (Å²) in [6.07, 6.45) is 2.86. The first kappa shape index (κ1) is 16.5. The van der Waals surface area contributed by atoms with Crippen LogP contribution in [0.3, 0.4) is 0 Å². The van der Waals surface area contributed by atoms with Crippen LogP contribution in [0.15, 0.2) is 30.6 Å². The van der Waals surface area contributed by atoms with E-state index in [1.807, 2.05) is 32.0 Å². The van der Waals surface area contributed by atoms with Gasteiger partial charge in [-0.25, -0.2) is 9.97 Å². The standard InChI is InChI=1S/C16H20N4O3/c1-4-23-12-6-5-11(9-13(12)22-3)10(2)20-16(21)14-15(17)19-8-7-18-14/h5-10H,4H2,1-3H3,(H2,17,19)(H,20,21). The van der Waals surface area contributed by atoms with Crippen molar-refractivity contribution in [3.05, 3.63) is 41.9 Å². The molecule has 0 saturated carbocycles. The van der Waals surface area contributed by atoms with E-state index in [2.05, 4.69) is 15.3 Å². The Morgan fingerprint density at radius 1 is 1.30 bits per heavy atom. The van der Waals surface area contributed by atoms with Crippen LogP contribution in [0.1, 0.15) is 35.9 Å². The molecule has 1 aromatic carbocycles. The molecule has 3 N–H and O–H groups in total. The molecule has 0 aliphatic heterocycles. The molecule has 1 amide bonds. The van der Waals surface area contributed by atoms with Crippen LogP contribution in [0.4, 0.5) is 5.82 Å². The largest absolute Gasteiger partial charge is 0.493 e. The van der Waals surface area contributed by atoms with Gasteiger partial charge in [0.15, 0.2) is 23.0 Å². The zero-order chi connectivity index (χ0) is 16.8. The Labute approximate surface area is 134 Å². The number of nitrogens with one attached hydrogen (secondary N) is 1. The maximum atomic E-state index is 12.2. The van der Waals surface area contributed by atoms with E-state index in [0.717, 1.165) is 5.56 Å². The number of methoxy groups -OCH3 is 1. The molecule has 122 valence electrons. The summed E-state index contributed by atoms with van der Waals surface area (Å²) < 4.78 is 10.8. The second-order valence-electron chi connectivity index (χ2n) is 4.83. The Kier molecular flexibility index (Phi) is 5.35. The molecular formula is C16H20N4O3. The van der Waals surface area contributed by atoms with Gasteiger partial charge in [0.05, 0.1) is 19.8 Å². The molecule has 1 heterocycles. The van der Waals surface area contributed by atoms with Crippen LogP contribution in [-0.4, -0.2) is 29.6 Å². The normalized spacial score (nSPS) is 11.6. The van der Waals surface area contributed by atoms with Gasteiger partial charge in [0.25, 0.3) is 5.91 Å². The number of nitrogens with two attached hydrogens (primary N) is 1. The Hall–Kier alpha value is -2.83. The first-order chi connectivity index (χ1) is 11.1. The van der Waals surface area contributed by atoms with Gasteiger partial charge < -0.3 is 20.5 Å². The van der Waals surface area contributed by atoms with Crippen molar-refractivity contribution < 1.29 is 14.3 Å². The van der Waals surface area contributed by atoms with Gasteiger partial charge in [-0.05, 0) is 31.5 Å². The zero-order valence-corrected chi connectivity index (χ0v) is 13.4. The van der Waals surface area contributed by atoms with Crippen LogP contribution in [-0.2, 0) is 0 Å². The van der Waals surface area contributed by atoms with E-state index < -0.39 is 0 Å². The Balaban J connectivity index is 2.16. The second kappa shape index (κ2) is 7.44. The predicted molar refractivity (Wildman–Crippen MR) is 86.5 cm³/mol. The number of nitrogens with zero attached hydrogens (tertiary/aromatic N) is 2. The van der Waals surface area contributed by atoms with Gasteiger partial charge in [0, 0.05) is 12.4 Å². The van der Waals surface area contributed by atoms with Gasteiger partial charge in [-0.1, -0.05) is 6.07 Å². The Bertz CT molecular complexity index is 691. The smallest absolute Gasteiger partial charge is 0.274 e. The summed E-state index contributed by atoms with van der Waals surface area (Å²) in [6.45, 7) is 4.31. The van der Waals surface area contributed by atoms with E-state index in [1.54, 1.807) is 7.11 Å². The third-order valence-corrected chi connectivity index (χ3v) is 3.28. The molecule has 0 aliphatic rings. The van der Waals surface area contributed by atoms with Crippen molar-refractivity contribution >= 4 is 11.7 Å². The maximum absolute atomic E-state index is 12.2. The van der Waals surface area contributed by atoms with Crippen molar-refractivity contribution in [3.8, 4) is 11.5 Å². The number of anilines is 1. The predicted octanol–water partition coefficient (Wildman–Crippen LogP) is 1.96. The van der Waals surface area contributed by atoms with Crippen molar-refractivity contribution in [3.63, 3.8) is 0 Å². The van der Waals surface area contributed by atoms with Crippen LogP contribution in [0.25, 0.3) is 0 Å². The van der Waals surface area contributed by atoms with E-state index in [1.165, 1.54) is 12.4 Å². The third-order valence-electron chi connectivity index (χ3n) is 3.28. The van der Waals surface area contributed by atoms with Crippen molar-refractivity contribution in [2.75, 3.05) is 19.5 Å². The number of nitrogen functional groups attached to an aromatic ring is 1. The molecule has 0 saturated heterocycles. The molecule has 1 aromatic heterocycles. The number of aromatic nitrogens is 2. The number of benzene rings is 1. The molecule has 1 unspecified atom stereocenters. The molecule has 2 aromatic rings. The number of amides is 1. The quantitative estimate of drug-likeness (QED) is 0.845. The summed E-state index contributed by atoms with van der Waals surface area (Å²) in [6, 6.07) is 5.26. The van der Waals surface area contributed by atoms with Gasteiger partial charge in [-0.3, -0.25) is 4.79 Å². The molecule has 0 bridgehead atoms. The van der Waals surface area contributed by atoms with Crippen LogP contribution >= 0.6 is 0 Å². The third kappa shape index (κ3) is 3.88. The molecule has 7 heteroatoms. The van der Waals surface area contributed by atoms with E-state index in [0.29, 0.717) is 18.1 Å². The minimum atomic E-state index is -0.379. The minimum absolute atomic E-state index is 0.0986. The summed E-state index contributed by atoms with van der Waals surface area (Å²) in [4.78, 5) is 20.0. The fraction of sp³-hybridized carbons (Fsp3) is 0.312.